The van der Waals surface area contributed by atoms with Crippen molar-refractivity contribution in [1.29, 1.82) is 0 Å². The summed E-state index contributed by atoms with van der Waals surface area (Å²) in [5, 5.41) is 3.75. The number of carbonyl (C=O) groups is 1. The lowest BCUT2D eigenvalue weighted by atomic mass is 10.2. The van der Waals surface area contributed by atoms with Gasteiger partial charge in [-0.05, 0) is 13.8 Å². The highest BCUT2D eigenvalue weighted by Crippen LogP contribution is 2.28. The van der Waals surface area contributed by atoms with E-state index in [1.807, 2.05) is 6.92 Å². The molecule has 1 amide bonds. The first-order chi connectivity index (χ1) is 9.60. The van der Waals surface area contributed by atoms with Crippen LogP contribution in [0, 0.1) is 13.8 Å². The molecule has 0 radical (unpaired) electrons. The van der Waals surface area contributed by atoms with Gasteiger partial charge >= 0.3 is 0 Å². The summed E-state index contributed by atoms with van der Waals surface area (Å²) in [6.07, 6.45) is 2.05. The molecular weight excluding hydrogens is 268 g/mol. The molecule has 1 aromatic carbocycles. The quantitative estimate of drug-likeness (QED) is 0.857. The fourth-order valence-electron chi connectivity index (χ4n) is 1.81. The van der Waals surface area contributed by atoms with Gasteiger partial charge in [0.1, 0.15) is 5.01 Å². The van der Waals surface area contributed by atoms with Crippen LogP contribution in [-0.4, -0.2) is 17.4 Å². The van der Waals surface area contributed by atoms with E-state index < -0.39 is 0 Å². The SMILES string of the molecule is C=CCNC(=O)Cc1sc(-c2ccc(C)cc2)nc1C. The molecule has 4 heteroatoms. The Labute approximate surface area is 123 Å². The molecule has 0 aliphatic rings. The van der Waals surface area contributed by atoms with Gasteiger partial charge in [0.15, 0.2) is 0 Å². The first-order valence-electron chi connectivity index (χ1n) is 6.51. The Kier molecular flexibility index (Phi) is 4.69. The van der Waals surface area contributed by atoms with Gasteiger partial charge in [0.2, 0.25) is 5.91 Å². The Hall–Kier alpha value is -1.94. The first kappa shape index (κ1) is 14.5. The van der Waals surface area contributed by atoms with Crippen LogP contribution in [0.3, 0.4) is 0 Å². The molecule has 0 fully saturated rings. The van der Waals surface area contributed by atoms with E-state index in [9.17, 15) is 4.79 Å². The van der Waals surface area contributed by atoms with E-state index in [0.29, 0.717) is 13.0 Å². The molecule has 0 aliphatic carbocycles. The van der Waals surface area contributed by atoms with Crippen molar-refractivity contribution in [1.82, 2.24) is 10.3 Å². The summed E-state index contributed by atoms with van der Waals surface area (Å²) in [6.45, 7) is 8.10. The maximum atomic E-state index is 11.7. The first-order valence-corrected chi connectivity index (χ1v) is 7.32. The number of hydrogen-bond acceptors (Lipinski definition) is 3. The highest BCUT2D eigenvalue weighted by atomic mass is 32.1. The molecule has 0 bridgehead atoms. The molecular formula is C16H18N2OS. The van der Waals surface area contributed by atoms with Crippen LogP contribution in [0.5, 0.6) is 0 Å². The van der Waals surface area contributed by atoms with Crippen LogP contribution in [0.15, 0.2) is 36.9 Å². The predicted molar refractivity (Wildman–Crippen MR) is 83.9 cm³/mol. The van der Waals surface area contributed by atoms with Gasteiger partial charge in [-0.3, -0.25) is 4.79 Å². The molecule has 0 spiro atoms. The number of aryl methyl sites for hydroxylation is 2. The average Bonchev–Trinajstić information content (AvgIpc) is 2.78. The topological polar surface area (TPSA) is 42.0 Å². The molecule has 1 N–H and O–H groups in total. The van der Waals surface area contributed by atoms with E-state index >= 15 is 0 Å². The molecule has 3 nitrogen and oxygen atoms in total. The second-order valence-corrected chi connectivity index (χ2v) is 5.75. The minimum Gasteiger partial charge on any atom is -0.352 e. The van der Waals surface area contributed by atoms with Crippen LogP contribution in [-0.2, 0) is 11.2 Å². The fraction of sp³-hybridized carbons (Fsp3) is 0.250. The summed E-state index contributed by atoms with van der Waals surface area (Å²) in [5.41, 5.74) is 3.26. The summed E-state index contributed by atoms with van der Waals surface area (Å²) in [6, 6.07) is 8.27. The number of amides is 1. The lowest BCUT2D eigenvalue weighted by molar-refractivity contribution is -0.120. The third-order valence-electron chi connectivity index (χ3n) is 2.96. The van der Waals surface area contributed by atoms with Crippen molar-refractivity contribution in [3.05, 3.63) is 53.1 Å². The number of thiazole rings is 1. The zero-order valence-corrected chi connectivity index (χ0v) is 12.6. The summed E-state index contributed by atoms with van der Waals surface area (Å²) < 4.78 is 0. The third kappa shape index (κ3) is 3.54. The fourth-order valence-corrected chi connectivity index (χ4v) is 2.87. The normalized spacial score (nSPS) is 10.3. The molecule has 2 rings (SSSR count). The van der Waals surface area contributed by atoms with Crippen LogP contribution in [0.25, 0.3) is 10.6 Å². The van der Waals surface area contributed by atoms with E-state index in [-0.39, 0.29) is 5.91 Å². The van der Waals surface area contributed by atoms with Gasteiger partial charge in [-0.15, -0.1) is 17.9 Å². The third-order valence-corrected chi connectivity index (χ3v) is 4.16. The van der Waals surface area contributed by atoms with E-state index in [0.717, 1.165) is 21.1 Å². The minimum atomic E-state index is 0.00658. The number of nitrogens with zero attached hydrogens (tertiary/aromatic N) is 1. The molecule has 104 valence electrons. The van der Waals surface area contributed by atoms with Gasteiger partial charge < -0.3 is 5.32 Å². The van der Waals surface area contributed by atoms with Crippen molar-refractivity contribution < 1.29 is 4.79 Å². The van der Waals surface area contributed by atoms with Crippen LogP contribution < -0.4 is 5.32 Å². The molecule has 2 aromatic rings. The van der Waals surface area contributed by atoms with E-state index in [1.165, 1.54) is 5.56 Å². The highest BCUT2D eigenvalue weighted by molar-refractivity contribution is 7.15. The van der Waals surface area contributed by atoms with Crippen LogP contribution >= 0.6 is 11.3 Å². The lowest BCUT2D eigenvalue weighted by Gasteiger charge is -2.00. The minimum absolute atomic E-state index is 0.00658. The van der Waals surface area contributed by atoms with Crippen molar-refractivity contribution >= 4 is 17.2 Å². The van der Waals surface area contributed by atoms with Gasteiger partial charge in [0, 0.05) is 17.0 Å². The maximum absolute atomic E-state index is 11.7. The van der Waals surface area contributed by atoms with Gasteiger partial charge in [-0.2, -0.15) is 0 Å². The largest absolute Gasteiger partial charge is 0.352 e. The summed E-state index contributed by atoms with van der Waals surface area (Å²) in [5.74, 6) is 0.00658. The monoisotopic (exact) mass is 286 g/mol. The second kappa shape index (κ2) is 6.48. The summed E-state index contributed by atoms with van der Waals surface area (Å²) >= 11 is 1.58. The number of nitrogens with one attached hydrogen (secondary N) is 1. The second-order valence-electron chi connectivity index (χ2n) is 4.66. The van der Waals surface area contributed by atoms with Crippen LogP contribution in [0.2, 0.25) is 0 Å². The Morgan fingerprint density at radius 1 is 1.35 bits per heavy atom. The van der Waals surface area contributed by atoms with E-state index in [2.05, 4.69) is 48.1 Å². The number of hydrogen-bond donors (Lipinski definition) is 1. The average molecular weight is 286 g/mol. The Bertz CT molecular complexity index is 614. The van der Waals surface area contributed by atoms with Gasteiger partial charge in [-0.25, -0.2) is 4.98 Å². The van der Waals surface area contributed by atoms with Crippen molar-refractivity contribution in [2.24, 2.45) is 0 Å². The van der Waals surface area contributed by atoms with Crippen molar-refractivity contribution in [2.45, 2.75) is 20.3 Å². The number of rotatable bonds is 5. The number of aromatic nitrogens is 1. The standard InChI is InChI=1S/C16H18N2OS/c1-4-9-17-15(19)10-14-12(3)18-16(20-14)13-7-5-11(2)6-8-13/h4-8H,1,9-10H2,2-3H3,(H,17,19). The Balaban J connectivity index is 2.15. The van der Waals surface area contributed by atoms with Gasteiger partial charge in [0.05, 0.1) is 12.1 Å². The zero-order valence-electron chi connectivity index (χ0n) is 11.8. The lowest BCUT2D eigenvalue weighted by Crippen LogP contribution is -2.24. The molecule has 0 saturated carbocycles. The molecule has 1 heterocycles. The molecule has 0 unspecified atom stereocenters. The molecule has 0 saturated heterocycles. The van der Waals surface area contributed by atoms with Crippen molar-refractivity contribution in [3.8, 4) is 10.6 Å². The van der Waals surface area contributed by atoms with E-state index in [4.69, 9.17) is 0 Å². The Morgan fingerprint density at radius 2 is 2.05 bits per heavy atom. The van der Waals surface area contributed by atoms with Gasteiger partial charge in [-0.1, -0.05) is 35.9 Å². The van der Waals surface area contributed by atoms with Crippen molar-refractivity contribution in [2.75, 3.05) is 6.54 Å². The molecule has 0 atom stereocenters. The molecule has 0 aliphatic heterocycles. The zero-order chi connectivity index (χ0) is 14.5. The molecule has 1 aromatic heterocycles. The van der Waals surface area contributed by atoms with E-state index in [1.54, 1.807) is 17.4 Å². The summed E-state index contributed by atoms with van der Waals surface area (Å²) in [4.78, 5) is 17.3. The van der Waals surface area contributed by atoms with Crippen LogP contribution in [0.4, 0.5) is 0 Å². The highest BCUT2D eigenvalue weighted by Gasteiger charge is 2.12. The number of benzene rings is 1. The smallest absolute Gasteiger partial charge is 0.225 e. The molecule has 20 heavy (non-hydrogen) atoms. The van der Waals surface area contributed by atoms with Gasteiger partial charge in [0.25, 0.3) is 0 Å². The predicted octanol–water partition coefficient (Wildman–Crippen LogP) is 3.27. The van der Waals surface area contributed by atoms with Crippen LogP contribution in [0.1, 0.15) is 16.1 Å². The number of carbonyl (C=O) groups excluding carboxylic acids is 1. The van der Waals surface area contributed by atoms with Crippen molar-refractivity contribution in [3.63, 3.8) is 0 Å². The Morgan fingerprint density at radius 3 is 2.70 bits per heavy atom. The summed E-state index contributed by atoms with van der Waals surface area (Å²) in [7, 11) is 0. The maximum Gasteiger partial charge on any atom is 0.225 e.